The van der Waals surface area contributed by atoms with Gasteiger partial charge in [-0.2, -0.15) is 0 Å². The van der Waals surface area contributed by atoms with Crippen molar-refractivity contribution in [2.45, 2.75) is 23.7 Å². The van der Waals surface area contributed by atoms with Crippen LogP contribution in [0, 0.1) is 0 Å². The van der Waals surface area contributed by atoms with E-state index in [1.165, 1.54) is 144 Å². The van der Waals surface area contributed by atoms with Crippen molar-refractivity contribution in [2.24, 2.45) is 0 Å². The van der Waals surface area contributed by atoms with Crippen molar-refractivity contribution in [3.05, 3.63) is 303 Å². The molecule has 14 aromatic rings. The number of rotatable bonds is 3. The topological polar surface area (TPSA) is 14.8 Å². The number of aromatic nitrogens is 3. The summed E-state index contributed by atoms with van der Waals surface area (Å²) in [6.07, 6.45) is 0. The molecule has 3 heteroatoms. The third-order valence-electron chi connectivity index (χ3n) is 17.8. The lowest BCUT2D eigenvalue weighted by molar-refractivity contribution is 0.761. The molecule has 3 nitrogen and oxygen atoms in total. The summed E-state index contributed by atoms with van der Waals surface area (Å²) in [7, 11) is 0. The van der Waals surface area contributed by atoms with Crippen molar-refractivity contribution in [1.29, 1.82) is 0 Å². The normalized spacial score (nSPS) is 17.6. The van der Waals surface area contributed by atoms with Gasteiger partial charge in [0.25, 0.3) is 0 Å². The predicted octanol–water partition coefficient (Wildman–Crippen LogP) is 17.0. The number of hydrogen-bond donors (Lipinski definition) is 0. The molecule has 0 spiro atoms. The molecule has 2 unspecified atom stereocenters. The van der Waals surface area contributed by atoms with E-state index in [-0.39, 0.29) is 23.7 Å². The summed E-state index contributed by atoms with van der Waals surface area (Å²) in [6, 6.07) is 89.8. The zero-order valence-corrected chi connectivity index (χ0v) is 39.7. The van der Waals surface area contributed by atoms with E-state index in [4.69, 9.17) is 0 Å². The third-order valence-corrected chi connectivity index (χ3v) is 17.8. The molecule has 2 atom stereocenters. The van der Waals surface area contributed by atoms with Crippen molar-refractivity contribution in [3.8, 4) is 17.1 Å². The highest BCUT2D eigenvalue weighted by Gasteiger charge is 2.45. The van der Waals surface area contributed by atoms with E-state index >= 15 is 0 Å². The fourth-order valence-corrected chi connectivity index (χ4v) is 15.2. The predicted molar refractivity (Wildman–Crippen MR) is 299 cm³/mol. The van der Waals surface area contributed by atoms with Gasteiger partial charge in [-0.15, -0.1) is 0 Å². The largest absolute Gasteiger partial charge is 0.309 e. The van der Waals surface area contributed by atoms with Crippen LogP contribution in [0.25, 0.3) is 82.5 Å². The molecule has 0 N–H and O–H groups in total. The van der Waals surface area contributed by atoms with Crippen LogP contribution in [-0.2, 0) is 0 Å². The van der Waals surface area contributed by atoms with Gasteiger partial charge in [0.05, 0.1) is 33.1 Å². The highest BCUT2D eigenvalue weighted by atomic mass is 15.0. The first-order valence-corrected chi connectivity index (χ1v) is 25.9. The van der Waals surface area contributed by atoms with E-state index in [0.29, 0.717) is 0 Å². The maximum absolute atomic E-state index is 2.53. The van der Waals surface area contributed by atoms with E-state index in [0.717, 1.165) is 5.69 Å². The smallest absolute Gasteiger partial charge is 0.0544 e. The Morgan fingerprint density at radius 2 is 0.479 bits per heavy atom. The highest BCUT2D eigenvalue weighted by Crippen LogP contribution is 2.61. The fourth-order valence-electron chi connectivity index (χ4n) is 15.2. The van der Waals surface area contributed by atoms with Gasteiger partial charge in [-0.3, -0.25) is 0 Å². The molecule has 4 bridgehead atoms. The van der Waals surface area contributed by atoms with Crippen LogP contribution in [0.1, 0.15) is 90.4 Å². The van der Waals surface area contributed by atoms with Crippen molar-refractivity contribution in [1.82, 2.24) is 13.7 Å². The lowest BCUT2D eigenvalue weighted by Gasteiger charge is -2.43. The quantitative estimate of drug-likeness (QED) is 0.168. The molecule has 0 radical (unpaired) electrons. The summed E-state index contributed by atoms with van der Waals surface area (Å²) in [5, 5.41) is 8.03. The minimum atomic E-state index is 0.0634. The molecule has 0 saturated heterocycles. The van der Waals surface area contributed by atoms with E-state index in [1.807, 2.05) is 0 Å². The minimum absolute atomic E-state index is 0.0634. The van der Waals surface area contributed by atoms with Crippen molar-refractivity contribution >= 4 is 65.4 Å². The standard InChI is InChI=1S/C70H43N3/c1-2-16-40(17-3-1)71-55-27-13-11-25-50(55)65-59(71)38-35-53-62-45-20-6-9-23-48(45)67(69(53)65)70-54(62)36-39-60-66(70)51-26-12-15-29-57(51)73(60)42-32-30-41(31-33-42)72-56-28-14-10-24-49(56)64-58(72)37-34-52-61-43-18-4-7-21-46(43)63(68(52)64)47-22-8-5-19-44(47)61/h1-39,61-63,67H. The zero-order chi connectivity index (χ0) is 47.2. The Kier molecular flexibility index (Phi) is 7.30. The molecule has 6 aliphatic rings. The molecule has 20 rings (SSSR count). The zero-order valence-electron chi connectivity index (χ0n) is 39.7. The lowest BCUT2D eigenvalue weighted by atomic mass is 9.59. The second-order valence-electron chi connectivity index (χ2n) is 20.9. The van der Waals surface area contributed by atoms with E-state index in [2.05, 4.69) is 250 Å². The minimum Gasteiger partial charge on any atom is -0.309 e. The molecule has 338 valence electrons. The third kappa shape index (κ3) is 4.72. The van der Waals surface area contributed by atoms with Gasteiger partial charge in [0.15, 0.2) is 0 Å². The van der Waals surface area contributed by atoms with Gasteiger partial charge in [-0.25, -0.2) is 0 Å². The second-order valence-corrected chi connectivity index (χ2v) is 20.9. The molecule has 11 aromatic carbocycles. The van der Waals surface area contributed by atoms with E-state index in [9.17, 15) is 0 Å². The molecule has 3 heterocycles. The monoisotopic (exact) mass is 925 g/mol. The molecule has 0 fully saturated rings. The van der Waals surface area contributed by atoms with Gasteiger partial charge in [-0.05, 0) is 140 Å². The summed E-state index contributed by atoms with van der Waals surface area (Å²) in [5.74, 6) is 0.624. The molecular formula is C70H43N3. The molecule has 3 aromatic heterocycles. The van der Waals surface area contributed by atoms with E-state index in [1.54, 1.807) is 0 Å². The maximum Gasteiger partial charge on any atom is 0.0544 e. The number of para-hydroxylation sites is 4. The Balaban J connectivity index is 0.839. The highest BCUT2D eigenvalue weighted by molar-refractivity contribution is 6.16. The Morgan fingerprint density at radius 3 is 0.877 bits per heavy atom. The Morgan fingerprint density at radius 1 is 0.192 bits per heavy atom. The molecule has 73 heavy (non-hydrogen) atoms. The van der Waals surface area contributed by atoms with Gasteiger partial charge in [0.2, 0.25) is 0 Å². The first-order chi connectivity index (χ1) is 36.3. The molecule has 0 saturated carbocycles. The molecule has 6 aliphatic carbocycles. The average Bonchev–Trinajstić information content (AvgIpc) is 4.17. The van der Waals surface area contributed by atoms with Crippen LogP contribution in [-0.4, -0.2) is 13.7 Å². The lowest BCUT2D eigenvalue weighted by Crippen LogP contribution is -2.28. The first kappa shape index (κ1) is 38.6. The van der Waals surface area contributed by atoms with Crippen LogP contribution in [0.2, 0.25) is 0 Å². The Bertz CT molecular complexity index is 4710. The van der Waals surface area contributed by atoms with Gasteiger partial charge in [0.1, 0.15) is 0 Å². The fraction of sp³-hybridized carbons (Fsp3) is 0.0571. The number of benzene rings is 11. The molecule has 0 aliphatic heterocycles. The average molecular weight is 926 g/mol. The van der Waals surface area contributed by atoms with Crippen LogP contribution in [0.5, 0.6) is 0 Å². The van der Waals surface area contributed by atoms with Gasteiger partial charge in [-0.1, -0.05) is 164 Å². The van der Waals surface area contributed by atoms with E-state index < -0.39 is 0 Å². The van der Waals surface area contributed by atoms with Gasteiger partial charge < -0.3 is 13.7 Å². The number of fused-ring (bicyclic) bond motifs is 9. The van der Waals surface area contributed by atoms with Crippen LogP contribution in [0.3, 0.4) is 0 Å². The summed E-state index contributed by atoms with van der Waals surface area (Å²) in [4.78, 5) is 0. The van der Waals surface area contributed by atoms with Crippen LogP contribution in [0.15, 0.2) is 237 Å². The summed E-state index contributed by atoms with van der Waals surface area (Å²) >= 11 is 0. The second kappa shape index (κ2) is 13.8. The summed E-state index contributed by atoms with van der Waals surface area (Å²) in [6.45, 7) is 0. The van der Waals surface area contributed by atoms with Crippen molar-refractivity contribution in [3.63, 3.8) is 0 Å². The van der Waals surface area contributed by atoms with Crippen LogP contribution >= 0.6 is 0 Å². The SMILES string of the molecule is c1ccc(-n2c3ccccc3c3c4c(ccc32)C2c3ccccc3C4c3c2ccc2c3c3ccccc3n2-c2ccc(-n3c4ccccc4c4c5c(ccc43)C3c4ccccc4C5c4ccccc43)cc2)cc1. The number of hydrogen-bond acceptors (Lipinski definition) is 0. The summed E-state index contributed by atoms with van der Waals surface area (Å²) < 4.78 is 7.52. The Labute approximate surface area is 421 Å². The number of nitrogens with zero attached hydrogens (tertiary/aromatic N) is 3. The van der Waals surface area contributed by atoms with Crippen molar-refractivity contribution < 1.29 is 0 Å². The molecule has 0 amide bonds. The summed E-state index contributed by atoms with van der Waals surface area (Å²) in [5.41, 5.74) is 28.4. The van der Waals surface area contributed by atoms with Crippen LogP contribution < -0.4 is 0 Å². The maximum atomic E-state index is 2.53. The van der Waals surface area contributed by atoms with Crippen molar-refractivity contribution in [2.75, 3.05) is 0 Å². The van der Waals surface area contributed by atoms with Crippen LogP contribution in [0.4, 0.5) is 0 Å². The first-order valence-electron chi connectivity index (χ1n) is 25.9. The van der Waals surface area contributed by atoms with Gasteiger partial charge in [0, 0.05) is 73.1 Å². The molecular weight excluding hydrogens is 883 g/mol. The van der Waals surface area contributed by atoms with Gasteiger partial charge >= 0.3 is 0 Å². The Hall–Kier alpha value is -9.18.